The van der Waals surface area contributed by atoms with Crippen LogP contribution < -0.4 is 0 Å². The van der Waals surface area contributed by atoms with Gasteiger partial charge in [-0.25, -0.2) is 0 Å². The molecular formula is C10H20N2. The number of hydrogen-bond donors (Lipinski definition) is 0. The van der Waals surface area contributed by atoms with E-state index in [4.69, 9.17) is 5.26 Å². The number of nitrogens with zero attached hydrogens (tertiary/aromatic N) is 2. The van der Waals surface area contributed by atoms with E-state index >= 15 is 0 Å². The summed E-state index contributed by atoms with van der Waals surface area (Å²) < 4.78 is 0. The molecule has 0 aromatic carbocycles. The highest BCUT2D eigenvalue weighted by Gasteiger charge is 2.24. The summed E-state index contributed by atoms with van der Waals surface area (Å²) in [4.78, 5) is 2.24. The second-order valence-corrected chi connectivity index (χ2v) is 3.66. The van der Waals surface area contributed by atoms with E-state index in [2.05, 4.69) is 24.8 Å². The van der Waals surface area contributed by atoms with Crippen LogP contribution in [0.2, 0.25) is 0 Å². The molecule has 0 aliphatic heterocycles. The summed E-state index contributed by atoms with van der Waals surface area (Å²) in [7, 11) is 0. The van der Waals surface area contributed by atoms with Crippen molar-refractivity contribution in [3.63, 3.8) is 0 Å². The van der Waals surface area contributed by atoms with Crippen LogP contribution >= 0.6 is 0 Å². The lowest BCUT2D eigenvalue weighted by molar-refractivity contribution is 0.168. The monoisotopic (exact) mass is 168 g/mol. The lowest BCUT2D eigenvalue weighted by Gasteiger charge is -2.32. The smallest absolute Gasteiger partial charge is 0.103 e. The third-order valence-corrected chi connectivity index (χ3v) is 2.05. The predicted molar refractivity (Wildman–Crippen MR) is 51.8 cm³/mol. The zero-order chi connectivity index (χ0) is 9.61. The van der Waals surface area contributed by atoms with Gasteiger partial charge in [-0.3, -0.25) is 4.90 Å². The predicted octanol–water partition coefficient (Wildman–Crippen LogP) is 2.41. The van der Waals surface area contributed by atoms with Crippen molar-refractivity contribution in [3.05, 3.63) is 0 Å². The Kier molecular flexibility index (Phi) is 4.92. The van der Waals surface area contributed by atoms with Crippen molar-refractivity contribution in [1.82, 2.24) is 4.90 Å². The molecule has 0 aromatic rings. The molecule has 0 saturated heterocycles. The third-order valence-electron chi connectivity index (χ3n) is 2.05. The fourth-order valence-corrected chi connectivity index (χ4v) is 1.28. The van der Waals surface area contributed by atoms with Gasteiger partial charge in [-0.1, -0.05) is 13.8 Å². The normalized spacial score (nSPS) is 11.7. The first-order valence-electron chi connectivity index (χ1n) is 4.74. The van der Waals surface area contributed by atoms with Crippen LogP contribution in [0.5, 0.6) is 0 Å². The minimum absolute atomic E-state index is 0.300. The van der Waals surface area contributed by atoms with Crippen molar-refractivity contribution in [2.75, 3.05) is 13.1 Å². The maximum atomic E-state index is 8.93. The van der Waals surface area contributed by atoms with E-state index in [1.165, 1.54) is 0 Å². The highest BCUT2D eigenvalue weighted by atomic mass is 15.2. The molecule has 0 unspecified atom stereocenters. The maximum Gasteiger partial charge on any atom is 0.103 e. The molecule has 0 aliphatic carbocycles. The van der Waals surface area contributed by atoms with Gasteiger partial charge in [0.2, 0.25) is 0 Å². The summed E-state index contributed by atoms with van der Waals surface area (Å²) in [5, 5.41) is 8.93. The van der Waals surface area contributed by atoms with E-state index in [1.54, 1.807) is 0 Å². The van der Waals surface area contributed by atoms with Crippen molar-refractivity contribution in [1.29, 1.82) is 5.26 Å². The number of rotatable bonds is 5. The van der Waals surface area contributed by atoms with Crippen LogP contribution in [-0.4, -0.2) is 23.5 Å². The summed E-state index contributed by atoms with van der Waals surface area (Å²) in [5.41, 5.74) is -0.300. The molecule has 70 valence electrons. The van der Waals surface area contributed by atoms with Gasteiger partial charge in [0.25, 0.3) is 0 Å². The summed E-state index contributed by atoms with van der Waals surface area (Å²) in [6, 6.07) is 2.34. The van der Waals surface area contributed by atoms with Gasteiger partial charge in [0.05, 0.1) is 6.07 Å². The van der Waals surface area contributed by atoms with Crippen molar-refractivity contribution < 1.29 is 0 Å². The topological polar surface area (TPSA) is 27.0 Å². The van der Waals surface area contributed by atoms with Crippen LogP contribution in [0, 0.1) is 11.3 Å². The van der Waals surface area contributed by atoms with Crippen LogP contribution in [0.1, 0.15) is 40.5 Å². The average Bonchev–Trinajstić information content (AvgIpc) is 2.04. The molecule has 0 aromatic heterocycles. The maximum absolute atomic E-state index is 8.93. The van der Waals surface area contributed by atoms with E-state index < -0.39 is 0 Å². The highest BCUT2D eigenvalue weighted by Crippen LogP contribution is 2.13. The molecule has 0 atom stereocenters. The Morgan fingerprint density at radius 2 is 1.58 bits per heavy atom. The number of hydrogen-bond acceptors (Lipinski definition) is 2. The molecule has 0 rings (SSSR count). The van der Waals surface area contributed by atoms with Crippen molar-refractivity contribution in [2.45, 2.75) is 46.1 Å². The zero-order valence-electron chi connectivity index (χ0n) is 8.72. The molecule has 0 bridgehead atoms. The second-order valence-electron chi connectivity index (χ2n) is 3.66. The minimum atomic E-state index is -0.300. The first-order valence-corrected chi connectivity index (χ1v) is 4.74. The van der Waals surface area contributed by atoms with Crippen LogP contribution in [0.3, 0.4) is 0 Å². The van der Waals surface area contributed by atoms with Gasteiger partial charge in [-0.05, 0) is 39.8 Å². The van der Waals surface area contributed by atoms with Gasteiger partial charge in [0, 0.05) is 0 Å². The first kappa shape index (κ1) is 11.4. The molecule has 0 heterocycles. The van der Waals surface area contributed by atoms with Crippen LogP contribution in [0.4, 0.5) is 0 Å². The Balaban J connectivity index is 4.19. The van der Waals surface area contributed by atoms with Crippen LogP contribution in [-0.2, 0) is 0 Å². The zero-order valence-corrected chi connectivity index (χ0v) is 8.72. The molecule has 0 fully saturated rings. The van der Waals surface area contributed by atoms with Gasteiger partial charge in [0.15, 0.2) is 0 Å². The Morgan fingerprint density at radius 3 is 1.83 bits per heavy atom. The van der Waals surface area contributed by atoms with Gasteiger partial charge >= 0.3 is 0 Å². The van der Waals surface area contributed by atoms with Crippen molar-refractivity contribution in [2.24, 2.45) is 0 Å². The Labute approximate surface area is 76.2 Å². The van der Waals surface area contributed by atoms with Crippen LogP contribution in [0.25, 0.3) is 0 Å². The Morgan fingerprint density at radius 1 is 1.17 bits per heavy atom. The molecule has 0 amide bonds. The van der Waals surface area contributed by atoms with Crippen molar-refractivity contribution in [3.8, 4) is 6.07 Å². The lowest BCUT2D eigenvalue weighted by Crippen LogP contribution is -2.43. The van der Waals surface area contributed by atoms with Crippen molar-refractivity contribution >= 4 is 0 Å². The summed E-state index contributed by atoms with van der Waals surface area (Å²) in [6.07, 6.45) is 2.23. The largest absolute Gasteiger partial charge is 0.286 e. The standard InChI is InChI=1S/C10H20N2/c1-5-7-12(8-6-2)10(3,4)9-11/h5-8H2,1-4H3. The molecule has 0 saturated carbocycles. The second kappa shape index (κ2) is 5.16. The summed E-state index contributed by atoms with van der Waals surface area (Å²) >= 11 is 0. The van der Waals surface area contributed by atoms with E-state index in [0.717, 1.165) is 25.9 Å². The van der Waals surface area contributed by atoms with Gasteiger partial charge < -0.3 is 0 Å². The molecular weight excluding hydrogens is 148 g/mol. The Hall–Kier alpha value is -0.550. The molecule has 12 heavy (non-hydrogen) atoms. The highest BCUT2D eigenvalue weighted by molar-refractivity contribution is 5.01. The van der Waals surface area contributed by atoms with E-state index in [1.807, 2.05) is 13.8 Å². The van der Waals surface area contributed by atoms with E-state index in [-0.39, 0.29) is 5.54 Å². The van der Waals surface area contributed by atoms with Gasteiger partial charge in [0.1, 0.15) is 5.54 Å². The minimum Gasteiger partial charge on any atom is -0.286 e. The first-order chi connectivity index (χ1) is 5.58. The summed E-state index contributed by atoms with van der Waals surface area (Å²) in [6.45, 7) is 10.3. The van der Waals surface area contributed by atoms with Crippen LogP contribution in [0.15, 0.2) is 0 Å². The molecule has 0 spiro atoms. The van der Waals surface area contributed by atoms with Gasteiger partial charge in [-0.2, -0.15) is 5.26 Å². The molecule has 2 heteroatoms. The molecule has 0 N–H and O–H groups in total. The van der Waals surface area contributed by atoms with Gasteiger partial charge in [-0.15, -0.1) is 0 Å². The molecule has 2 nitrogen and oxygen atoms in total. The quantitative estimate of drug-likeness (QED) is 0.630. The fraction of sp³-hybridized carbons (Fsp3) is 0.900. The molecule has 0 aliphatic rings. The third kappa shape index (κ3) is 3.23. The summed E-state index contributed by atoms with van der Waals surface area (Å²) in [5.74, 6) is 0. The fourth-order valence-electron chi connectivity index (χ4n) is 1.28. The van der Waals surface area contributed by atoms with E-state index in [9.17, 15) is 0 Å². The number of nitriles is 1. The SMILES string of the molecule is CCCN(CCC)C(C)(C)C#N. The Bertz CT molecular complexity index is 150. The lowest BCUT2D eigenvalue weighted by atomic mass is 10.0. The average molecular weight is 168 g/mol. The van der Waals surface area contributed by atoms with E-state index in [0.29, 0.717) is 0 Å². The molecule has 0 radical (unpaired) electrons.